The zero-order valence-corrected chi connectivity index (χ0v) is 32.6. The molecule has 0 saturated carbocycles. The minimum Gasteiger partial charge on any atom is -0.256 e. The minimum absolute atomic E-state index is 0.207. The van der Waals surface area contributed by atoms with E-state index in [4.69, 9.17) is 4.98 Å². The van der Waals surface area contributed by atoms with Crippen LogP contribution in [0.25, 0.3) is 88.4 Å². The van der Waals surface area contributed by atoms with Crippen LogP contribution in [-0.4, -0.2) is 4.98 Å². The van der Waals surface area contributed by atoms with E-state index < -0.39 is 0 Å². The molecule has 0 bridgehead atoms. The first-order chi connectivity index (χ1) is 29.2. The van der Waals surface area contributed by atoms with Crippen molar-refractivity contribution < 1.29 is 0 Å². The molecule has 0 aliphatic heterocycles. The molecule has 0 atom stereocenters. The van der Waals surface area contributed by atoms with Gasteiger partial charge >= 0.3 is 0 Å². The van der Waals surface area contributed by atoms with Gasteiger partial charge < -0.3 is 0 Å². The van der Waals surface area contributed by atoms with Crippen molar-refractivity contribution in [1.82, 2.24) is 4.98 Å². The van der Waals surface area contributed by atoms with Gasteiger partial charge in [0.15, 0.2) is 0 Å². The van der Waals surface area contributed by atoms with E-state index in [0.29, 0.717) is 0 Å². The van der Waals surface area contributed by atoms with E-state index in [-0.39, 0.29) is 5.41 Å². The number of hydrogen-bond donors (Lipinski definition) is 0. The molecule has 9 aromatic carbocycles. The van der Waals surface area contributed by atoms with Gasteiger partial charge in [-0.2, -0.15) is 0 Å². The third-order valence-corrected chi connectivity index (χ3v) is 13.2. The van der Waals surface area contributed by atoms with Gasteiger partial charge in [-0.3, -0.25) is 4.98 Å². The minimum atomic E-state index is -0.207. The van der Waals surface area contributed by atoms with Gasteiger partial charge in [-0.1, -0.05) is 176 Å². The molecule has 1 heterocycles. The average Bonchev–Trinajstić information content (AvgIpc) is 3.83. The normalized spacial score (nSPS) is 13.4. The summed E-state index contributed by atoms with van der Waals surface area (Å²) in [6, 6.07) is 76.5. The fourth-order valence-corrected chi connectivity index (χ4v) is 10.4. The van der Waals surface area contributed by atoms with E-state index in [0.717, 1.165) is 18.5 Å². The van der Waals surface area contributed by atoms with E-state index in [1.807, 2.05) is 12.3 Å². The number of benzene rings is 9. The molecule has 0 N–H and O–H groups in total. The maximum absolute atomic E-state index is 4.73. The molecule has 0 unspecified atom stereocenters. The standard InChI is InChI=1S/C58H39N/c1-3-13-38(14-4-1)45-28-30-47(51-19-9-7-17-49(45)51)40-24-26-53-54-27-25-41(48-31-29-46(39-15-5-2-6-16-39)50-18-8-10-20-52(48)50)35-56(54)58(55(53)34-40)36-43-23-22-42(33-44(43)37-58)57-21-11-12-32-59-57/h1-35H,36-37H2. The van der Waals surface area contributed by atoms with Crippen molar-refractivity contribution in [3.8, 4) is 66.9 Å². The van der Waals surface area contributed by atoms with Gasteiger partial charge in [-0.05, 0) is 143 Å². The molecule has 1 nitrogen and oxygen atoms in total. The summed E-state index contributed by atoms with van der Waals surface area (Å²) >= 11 is 0. The molecule has 2 aliphatic carbocycles. The van der Waals surface area contributed by atoms with Gasteiger partial charge in [0.2, 0.25) is 0 Å². The van der Waals surface area contributed by atoms with Crippen molar-refractivity contribution >= 4 is 21.5 Å². The van der Waals surface area contributed by atoms with Gasteiger partial charge in [0.25, 0.3) is 0 Å². The third-order valence-electron chi connectivity index (χ3n) is 13.2. The Kier molecular flexibility index (Phi) is 7.65. The van der Waals surface area contributed by atoms with Crippen molar-refractivity contribution in [2.24, 2.45) is 0 Å². The second-order valence-electron chi connectivity index (χ2n) is 16.3. The zero-order chi connectivity index (χ0) is 38.9. The van der Waals surface area contributed by atoms with Gasteiger partial charge in [-0.25, -0.2) is 0 Å². The first-order valence-corrected chi connectivity index (χ1v) is 20.7. The Bertz CT molecular complexity index is 3080. The molecule has 59 heavy (non-hydrogen) atoms. The van der Waals surface area contributed by atoms with Gasteiger partial charge in [-0.15, -0.1) is 0 Å². The Morgan fingerprint density at radius 1 is 0.305 bits per heavy atom. The molecule has 0 saturated heterocycles. The Morgan fingerprint density at radius 2 is 0.729 bits per heavy atom. The maximum Gasteiger partial charge on any atom is 0.0702 e. The van der Waals surface area contributed by atoms with Crippen molar-refractivity contribution in [3.63, 3.8) is 0 Å². The number of pyridine rings is 1. The first kappa shape index (κ1) is 33.8. The predicted molar refractivity (Wildman–Crippen MR) is 246 cm³/mol. The van der Waals surface area contributed by atoms with Crippen LogP contribution in [-0.2, 0) is 18.3 Å². The molecule has 1 heteroatoms. The highest BCUT2D eigenvalue weighted by molar-refractivity contribution is 6.07. The molecule has 1 spiro atoms. The molecule has 0 radical (unpaired) electrons. The van der Waals surface area contributed by atoms with Crippen molar-refractivity contribution in [1.29, 1.82) is 0 Å². The predicted octanol–water partition coefficient (Wildman–Crippen LogP) is 14.8. The van der Waals surface area contributed by atoms with Crippen LogP contribution in [0.15, 0.2) is 212 Å². The lowest BCUT2D eigenvalue weighted by Gasteiger charge is -2.28. The van der Waals surface area contributed by atoms with Crippen LogP contribution in [0.4, 0.5) is 0 Å². The fourth-order valence-electron chi connectivity index (χ4n) is 10.4. The number of nitrogens with zero attached hydrogens (tertiary/aromatic N) is 1. The lowest BCUT2D eigenvalue weighted by molar-refractivity contribution is 0.564. The number of aromatic nitrogens is 1. The lowest BCUT2D eigenvalue weighted by Crippen LogP contribution is -2.26. The largest absolute Gasteiger partial charge is 0.256 e. The topological polar surface area (TPSA) is 12.9 Å². The monoisotopic (exact) mass is 749 g/mol. The molecule has 10 aromatic rings. The Balaban J connectivity index is 1.04. The van der Waals surface area contributed by atoms with Crippen LogP contribution in [0.5, 0.6) is 0 Å². The van der Waals surface area contributed by atoms with Crippen LogP contribution in [0, 0.1) is 0 Å². The highest BCUT2D eigenvalue weighted by atomic mass is 14.7. The summed E-state index contributed by atoms with van der Waals surface area (Å²) in [7, 11) is 0. The zero-order valence-electron chi connectivity index (χ0n) is 32.6. The molecular weight excluding hydrogens is 711 g/mol. The summed E-state index contributed by atoms with van der Waals surface area (Å²) in [5, 5.41) is 5.11. The number of hydrogen-bond acceptors (Lipinski definition) is 1. The molecule has 2 aliphatic rings. The number of fused-ring (bicyclic) bond motifs is 8. The van der Waals surface area contributed by atoms with Crippen molar-refractivity contribution in [2.45, 2.75) is 18.3 Å². The Hall–Kier alpha value is -7.35. The molecular formula is C58H39N. The summed E-state index contributed by atoms with van der Waals surface area (Å²) < 4.78 is 0. The van der Waals surface area contributed by atoms with Crippen LogP contribution < -0.4 is 0 Å². The quantitative estimate of drug-likeness (QED) is 0.171. The van der Waals surface area contributed by atoms with E-state index >= 15 is 0 Å². The summed E-state index contributed by atoms with van der Waals surface area (Å²) in [6.45, 7) is 0. The molecule has 1 aromatic heterocycles. The van der Waals surface area contributed by atoms with Crippen LogP contribution in [0.1, 0.15) is 22.3 Å². The Morgan fingerprint density at radius 3 is 1.22 bits per heavy atom. The smallest absolute Gasteiger partial charge is 0.0702 e. The average molecular weight is 750 g/mol. The van der Waals surface area contributed by atoms with E-state index in [1.54, 1.807) is 0 Å². The summed E-state index contributed by atoms with van der Waals surface area (Å²) in [4.78, 5) is 4.73. The highest BCUT2D eigenvalue weighted by Gasteiger charge is 2.47. The molecule has 0 fully saturated rings. The molecule has 276 valence electrons. The van der Waals surface area contributed by atoms with E-state index in [9.17, 15) is 0 Å². The van der Waals surface area contributed by atoms with Gasteiger partial charge in [0, 0.05) is 17.2 Å². The van der Waals surface area contributed by atoms with Crippen LogP contribution in [0.3, 0.4) is 0 Å². The van der Waals surface area contributed by atoms with Gasteiger partial charge in [0.1, 0.15) is 0 Å². The second-order valence-corrected chi connectivity index (χ2v) is 16.3. The second kappa shape index (κ2) is 13.4. The maximum atomic E-state index is 4.73. The van der Waals surface area contributed by atoms with E-state index in [1.165, 1.54) is 105 Å². The summed E-state index contributed by atoms with van der Waals surface area (Å²) in [5.41, 5.74) is 20.5. The molecule has 0 amide bonds. The van der Waals surface area contributed by atoms with Gasteiger partial charge in [0.05, 0.1) is 5.69 Å². The lowest BCUT2D eigenvalue weighted by atomic mass is 9.74. The SMILES string of the molecule is c1ccc(-c2ccc(-c3ccc4c(c3)C3(Cc5ccc(-c6ccccn6)cc5C3)c3cc(-c5ccc(-c6ccccc6)c6ccccc56)ccc3-4)c3ccccc23)cc1. The van der Waals surface area contributed by atoms with E-state index in [2.05, 4.69) is 200 Å². The molecule has 12 rings (SSSR count). The summed E-state index contributed by atoms with van der Waals surface area (Å²) in [6.07, 6.45) is 3.79. The first-order valence-electron chi connectivity index (χ1n) is 20.7. The van der Waals surface area contributed by atoms with Crippen LogP contribution in [0.2, 0.25) is 0 Å². The Labute approximate surface area is 344 Å². The van der Waals surface area contributed by atoms with Crippen molar-refractivity contribution in [2.75, 3.05) is 0 Å². The van der Waals surface area contributed by atoms with Crippen molar-refractivity contribution in [3.05, 3.63) is 235 Å². The third kappa shape index (κ3) is 5.35. The number of rotatable bonds is 5. The fraction of sp³-hybridized carbons (Fsp3) is 0.0517. The van der Waals surface area contributed by atoms with Crippen LogP contribution >= 0.6 is 0 Å². The highest BCUT2D eigenvalue weighted by Crippen LogP contribution is 2.57. The summed E-state index contributed by atoms with van der Waals surface area (Å²) in [5.74, 6) is 0.